The number of furan rings is 1. The lowest BCUT2D eigenvalue weighted by molar-refractivity contribution is -0.385. The molecule has 6 heteroatoms. The summed E-state index contributed by atoms with van der Waals surface area (Å²) in [6.07, 6.45) is 1.49. The van der Waals surface area contributed by atoms with Crippen molar-refractivity contribution in [2.75, 3.05) is 0 Å². The molecule has 20 heavy (non-hydrogen) atoms. The minimum absolute atomic E-state index is 0.0395. The molecule has 0 aliphatic rings. The summed E-state index contributed by atoms with van der Waals surface area (Å²) in [5, 5.41) is 13.6. The average Bonchev–Trinajstić information content (AvgIpc) is 2.92. The van der Waals surface area contributed by atoms with Gasteiger partial charge >= 0.3 is 0 Å². The number of nitro benzene ring substituents is 1. The van der Waals surface area contributed by atoms with Crippen molar-refractivity contribution in [2.24, 2.45) is 0 Å². The topological polar surface area (TPSA) is 85.4 Å². The monoisotopic (exact) mass is 274 g/mol. The SMILES string of the molecule is C[C@H](NC(=O)Cc1ccccc1[N+](=O)[O-])c1ccco1. The lowest BCUT2D eigenvalue weighted by atomic mass is 10.1. The molecule has 1 atom stereocenters. The third-order valence-corrected chi connectivity index (χ3v) is 2.89. The fraction of sp³-hybridized carbons (Fsp3) is 0.214. The first-order valence-corrected chi connectivity index (χ1v) is 6.13. The van der Waals surface area contributed by atoms with Gasteiger partial charge in [-0.05, 0) is 19.1 Å². The summed E-state index contributed by atoms with van der Waals surface area (Å²) in [7, 11) is 0. The molecule has 1 heterocycles. The fourth-order valence-electron chi connectivity index (χ4n) is 1.91. The molecule has 0 fully saturated rings. The third-order valence-electron chi connectivity index (χ3n) is 2.89. The predicted molar refractivity (Wildman–Crippen MR) is 72.1 cm³/mol. The van der Waals surface area contributed by atoms with Crippen LogP contribution in [0.4, 0.5) is 5.69 Å². The van der Waals surface area contributed by atoms with Crippen LogP contribution in [0.15, 0.2) is 47.1 Å². The zero-order chi connectivity index (χ0) is 14.5. The van der Waals surface area contributed by atoms with Crippen LogP contribution in [0, 0.1) is 10.1 Å². The lowest BCUT2D eigenvalue weighted by Crippen LogP contribution is -2.28. The van der Waals surface area contributed by atoms with E-state index in [4.69, 9.17) is 4.42 Å². The van der Waals surface area contributed by atoms with E-state index in [9.17, 15) is 14.9 Å². The summed E-state index contributed by atoms with van der Waals surface area (Å²) in [5.41, 5.74) is 0.343. The number of nitrogens with zero attached hydrogens (tertiary/aromatic N) is 1. The van der Waals surface area contributed by atoms with Crippen LogP contribution in [0.25, 0.3) is 0 Å². The quantitative estimate of drug-likeness (QED) is 0.670. The van der Waals surface area contributed by atoms with Crippen molar-refractivity contribution in [1.82, 2.24) is 5.32 Å². The maximum Gasteiger partial charge on any atom is 0.273 e. The summed E-state index contributed by atoms with van der Waals surface area (Å²) >= 11 is 0. The van der Waals surface area contributed by atoms with E-state index >= 15 is 0 Å². The first-order valence-electron chi connectivity index (χ1n) is 6.13. The highest BCUT2D eigenvalue weighted by molar-refractivity contribution is 5.80. The molecule has 1 aromatic heterocycles. The van der Waals surface area contributed by atoms with E-state index in [0.29, 0.717) is 11.3 Å². The first kappa shape index (κ1) is 13.8. The maximum absolute atomic E-state index is 11.9. The molecule has 0 radical (unpaired) electrons. The van der Waals surface area contributed by atoms with Gasteiger partial charge in [0.25, 0.3) is 5.69 Å². The van der Waals surface area contributed by atoms with E-state index in [1.807, 2.05) is 0 Å². The van der Waals surface area contributed by atoms with Gasteiger partial charge < -0.3 is 9.73 Å². The molecule has 2 aromatic rings. The van der Waals surface area contributed by atoms with Crippen LogP contribution in [-0.2, 0) is 11.2 Å². The molecule has 0 aliphatic heterocycles. The second kappa shape index (κ2) is 6.01. The van der Waals surface area contributed by atoms with Gasteiger partial charge in [0, 0.05) is 11.6 Å². The van der Waals surface area contributed by atoms with Gasteiger partial charge in [-0.25, -0.2) is 0 Å². The second-order valence-electron chi connectivity index (χ2n) is 4.37. The Morgan fingerprint density at radius 3 is 2.75 bits per heavy atom. The Kier molecular flexibility index (Phi) is 4.14. The molecular formula is C14H14N2O4. The van der Waals surface area contributed by atoms with Gasteiger partial charge in [-0.3, -0.25) is 14.9 Å². The lowest BCUT2D eigenvalue weighted by Gasteiger charge is -2.11. The van der Waals surface area contributed by atoms with Crippen LogP contribution in [0.1, 0.15) is 24.3 Å². The zero-order valence-electron chi connectivity index (χ0n) is 10.9. The standard InChI is InChI=1S/C14H14N2O4/c1-10(13-7-4-8-20-13)15-14(17)9-11-5-2-3-6-12(11)16(18)19/h2-8,10H,9H2,1H3,(H,15,17)/t10-/m0/s1. The van der Waals surface area contributed by atoms with E-state index in [-0.39, 0.29) is 24.1 Å². The Hall–Kier alpha value is -2.63. The van der Waals surface area contributed by atoms with Crippen molar-refractivity contribution < 1.29 is 14.1 Å². The van der Waals surface area contributed by atoms with Gasteiger partial charge in [-0.2, -0.15) is 0 Å². The summed E-state index contributed by atoms with van der Waals surface area (Å²) in [4.78, 5) is 22.3. The molecule has 6 nitrogen and oxygen atoms in total. The molecule has 1 aromatic carbocycles. The van der Waals surface area contributed by atoms with Gasteiger partial charge in [0.05, 0.1) is 23.6 Å². The number of nitrogens with one attached hydrogen (secondary N) is 1. The molecule has 0 unspecified atom stereocenters. The van der Waals surface area contributed by atoms with E-state index < -0.39 is 4.92 Å². The molecule has 1 N–H and O–H groups in total. The maximum atomic E-state index is 11.9. The van der Waals surface area contributed by atoms with Crippen molar-refractivity contribution >= 4 is 11.6 Å². The van der Waals surface area contributed by atoms with E-state index in [1.165, 1.54) is 12.3 Å². The Labute approximate surface area is 115 Å². The number of nitro groups is 1. The van der Waals surface area contributed by atoms with Crippen molar-refractivity contribution in [2.45, 2.75) is 19.4 Å². The number of carbonyl (C=O) groups is 1. The van der Waals surface area contributed by atoms with Gasteiger partial charge in [0.15, 0.2) is 0 Å². The Bertz CT molecular complexity index is 607. The first-order chi connectivity index (χ1) is 9.58. The van der Waals surface area contributed by atoms with Crippen LogP contribution < -0.4 is 5.32 Å². The normalized spacial score (nSPS) is 11.8. The van der Waals surface area contributed by atoms with E-state index in [2.05, 4.69) is 5.32 Å². The van der Waals surface area contributed by atoms with Crippen molar-refractivity contribution in [3.05, 3.63) is 64.1 Å². The van der Waals surface area contributed by atoms with Gasteiger partial charge in [-0.1, -0.05) is 18.2 Å². The minimum Gasteiger partial charge on any atom is -0.467 e. The molecule has 0 aliphatic carbocycles. The summed E-state index contributed by atoms with van der Waals surface area (Å²) < 4.78 is 5.19. The van der Waals surface area contributed by atoms with Crippen molar-refractivity contribution in [1.29, 1.82) is 0 Å². The van der Waals surface area contributed by atoms with Crippen LogP contribution in [0.2, 0.25) is 0 Å². The molecule has 0 spiro atoms. The molecule has 0 saturated carbocycles. The number of benzene rings is 1. The number of rotatable bonds is 5. The van der Waals surface area contributed by atoms with E-state index in [0.717, 1.165) is 0 Å². The zero-order valence-corrected chi connectivity index (χ0v) is 10.9. The highest BCUT2D eigenvalue weighted by atomic mass is 16.6. The molecular weight excluding hydrogens is 260 g/mol. The van der Waals surface area contributed by atoms with Crippen LogP contribution >= 0.6 is 0 Å². The fourth-order valence-corrected chi connectivity index (χ4v) is 1.91. The van der Waals surface area contributed by atoms with Gasteiger partial charge in [-0.15, -0.1) is 0 Å². The molecule has 1 amide bonds. The Balaban J connectivity index is 2.03. The Morgan fingerprint density at radius 2 is 2.10 bits per heavy atom. The van der Waals surface area contributed by atoms with Gasteiger partial charge in [0.2, 0.25) is 5.91 Å². The van der Waals surface area contributed by atoms with Crippen molar-refractivity contribution in [3.8, 4) is 0 Å². The number of hydrogen-bond acceptors (Lipinski definition) is 4. The average molecular weight is 274 g/mol. The summed E-state index contributed by atoms with van der Waals surface area (Å²) in [6.45, 7) is 1.79. The predicted octanol–water partition coefficient (Wildman–Crippen LogP) is 2.61. The third kappa shape index (κ3) is 3.23. The van der Waals surface area contributed by atoms with Crippen LogP contribution in [-0.4, -0.2) is 10.8 Å². The van der Waals surface area contributed by atoms with Crippen LogP contribution in [0.5, 0.6) is 0 Å². The highest BCUT2D eigenvalue weighted by Crippen LogP contribution is 2.19. The second-order valence-corrected chi connectivity index (χ2v) is 4.37. The Morgan fingerprint density at radius 1 is 1.35 bits per heavy atom. The molecule has 104 valence electrons. The summed E-state index contributed by atoms with van der Waals surface area (Å²) in [5.74, 6) is 0.351. The molecule has 0 bridgehead atoms. The minimum atomic E-state index is -0.488. The van der Waals surface area contributed by atoms with E-state index in [1.54, 1.807) is 37.3 Å². The number of hydrogen-bond donors (Lipinski definition) is 1. The van der Waals surface area contributed by atoms with Crippen molar-refractivity contribution in [3.63, 3.8) is 0 Å². The number of amides is 1. The summed E-state index contributed by atoms with van der Waals surface area (Å²) in [6, 6.07) is 9.43. The smallest absolute Gasteiger partial charge is 0.273 e. The van der Waals surface area contributed by atoms with Crippen LogP contribution in [0.3, 0.4) is 0 Å². The number of carbonyl (C=O) groups excluding carboxylic acids is 1. The largest absolute Gasteiger partial charge is 0.467 e. The highest BCUT2D eigenvalue weighted by Gasteiger charge is 2.17. The molecule has 2 rings (SSSR count). The van der Waals surface area contributed by atoms with Gasteiger partial charge in [0.1, 0.15) is 5.76 Å². The molecule has 0 saturated heterocycles. The number of para-hydroxylation sites is 1.